The Morgan fingerprint density at radius 1 is 1.35 bits per heavy atom. The third-order valence-electron chi connectivity index (χ3n) is 2.22. The summed E-state index contributed by atoms with van der Waals surface area (Å²) in [6, 6.07) is 7.70. The Kier molecular flexibility index (Phi) is 5.93. The fraction of sp³-hybridized carbons (Fsp3) is 0.462. The second-order valence-corrected chi connectivity index (χ2v) is 3.60. The first kappa shape index (κ1) is 13.4. The summed E-state index contributed by atoms with van der Waals surface area (Å²) < 4.78 is 10.2. The molecule has 0 saturated heterocycles. The number of para-hydroxylation sites is 2. The minimum Gasteiger partial charge on any atom is -0.491 e. The quantitative estimate of drug-likeness (QED) is 0.740. The van der Waals surface area contributed by atoms with E-state index in [2.05, 4.69) is 17.0 Å². The molecule has 0 aromatic heterocycles. The van der Waals surface area contributed by atoms with Gasteiger partial charge in [0.05, 0.1) is 25.8 Å². The summed E-state index contributed by atoms with van der Waals surface area (Å²) in [7, 11) is 1.39. The molecule has 4 nitrogen and oxygen atoms in total. The van der Waals surface area contributed by atoms with Crippen molar-refractivity contribution in [2.75, 3.05) is 25.6 Å². The number of ether oxygens (including phenoxy) is 2. The molecule has 0 fully saturated rings. The molecule has 0 spiro atoms. The number of nitrogens with one attached hydrogen (secondary N) is 1. The third kappa shape index (κ3) is 4.76. The van der Waals surface area contributed by atoms with E-state index in [-0.39, 0.29) is 5.97 Å². The van der Waals surface area contributed by atoms with Crippen molar-refractivity contribution in [2.24, 2.45) is 0 Å². The van der Waals surface area contributed by atoms with E-state index in [4.69, 9.17) is 4.74 Å². The van der Waals surface area contributed by atoms with E-state index in [9.17, 15) is 4.79 Å². The first-order valence-corrected chi connectivity index (χ1v) is 5.80. The lowest BCUT2D eigenvalue weighted by atomic mass is 10.3. The molecule has 0 unspecified atom stereocenters. The lowest BCUT2D eigenvalue weighted by molar-refractivity contribution is -0.140. The van der Waals surface area contributed by atoms with Crippen LogP contribution in [0.4, 0.5) is 5.69 Å². The zero-order valence-corrected chi connectivity index (χ0v) is 10.4. The maximum atomic E-state index is 11.0. The molecule has 0 radical (unpaired) electrons. The Bertz CT molecular complexity index is 352. The first-order chi connectivity index (χ1) is 8.27. The molecule has 17 heavy (non-hydrogen) atoms. The molecule has 0 heterocycles. The maximum absolute atomic E-state index is 11.0. The Morgan fingerprint density at radius 3 is 2.82 bits per heavy atom. The molecule has 0 bridgehead atoms. The number of hydrogen-bond donors (Lipinski definition) is 1. The van der Waals surface area contributed by atoms with Crippen LogP contribution in [-0.4, -0.2) is 26.2 Å². The molecule has 1 aromatic rings. The molecule has 1 rings (SSSR count). The summed E-state index contributed by atoms with van der Waals surface area (Å²) in [5, 5.41) is 3.16. The van der Waals surface area contributed by atoms with Gasteiger partial charge < -0.3 is 14.8 Å². The second-order valence-electron chi connectivity index (χ2n) is 3.60. The summed E-state index contributed by atoms with van der Waals surface area (Å²) in [5.41, 5.74) is 0.907. The van der Waals surface area contributed by atoms with Crippen LogP contribution < -0.4 is 10.1 Å². The van der Waals surface area contributed by atoms with Crippen LogP contribution in [0.2, 0.25) is 0 Å². The van der Waals surface area contributed by atoms with Gasteiger partial charge >= 0.3 is 5.97 Å². The number of rotatable bonds is 7. The van der Waals surface area contributed by atoms with Crippen molar-refractivity contribution in [3.8, 4) is 5.75 Å². The minimum absolute atomic E-state index is 0.218. The largest absolute Gasteiger partial charge is 0.491 e. The van der Waals surface area contributed by atoms with E-state index in [0.717, 1.165) is 17.9 Å². The zero-order valence-electron chi connectivity index (χ0n) is 10.4. The van der Waals surface area contributed by atoms with Crippen LogP contribution in [0.5, 0.6) is 5.75 Å². The van der Waals surface area contributed by atoms with E-state index in [1.165, 1.54) is 7.11 Å². The Balaban J connectivity index is 2.48. The highest BCUT2D eigenvalue weighted by Gasteiger charge is 2.03. The number of anilines is 1. The maximum Gasteiger partial charge on any atom is 0.307 e. The molecular weight excluding hydrogens is 218 g/mol. The van der Waals surface area contributed by atoms with E-state index < -0.39 is 0 Å². The molecule has 0 saturated carbocycles. The molecule has 0 aliphatic carbocycles. The fourth-order valence-corrected chi connectivity index (χ4v) is 1.35. The highest BCUT2D eigenvalue weighted by Crippen LogP contribution is 2.23. The molecule has 1 aromatic carbocycles. The molecule has 0 atom stereocenters. The van der Waals surface area contributed by atoms with Crippen LogP contribution in [0.3, 0.4) is 0 Å². The molecule has 4 heteroatoms. The molecule has 1 N–H and O–H groups in total. The van der Waals surface area contributed by atoms with Crippen LogP contribution in [0.25, 0.3) is 0 Å². The van der Waals surface area contributed by atoms with E-state index in [1.807, 2.05) is 24.3 Å². The van der Waals surface area contributed by atoms with Gasteiger partial charge in [0.15, 0.2) is 0 Å². The Hall–Kier alpha value is -1.71. The Morgan fingerprint density at radius 2 is 2.12 bits per heavy atom. The van der Waals surface area contributed by atoms with Gasteiger partial charge in [-0.2, -0.15) is 0 Å². The summed E-state index contributed by atoms with van der Waals surface area (Å²) in [6.07, 6.45) is 1.31. The van der Waals surface area contributed by atoms with Crippen LogP contribution in [-0.2, 0) is 9.53 Å². The number of carbonyl (C=O) groups is 1. The van der Waals surface area contributed by atoms with Gasteiger partial charge in [0.1, 0.15) is 5.75 Å². The average Bonchev–Trinajstić information content (AvgIpc) is 2.37. The SMILES string of the molecule is CCCOc1ccccc1NCCC(=O)OC. The first-order valence-electron chi connectivity index (χ1n) is 5.80. The van der Waals surface area contributed by atoms with Gasteiger partial charge in [0, 0.05) is 6.54 Å². The minimum atomic E-state index is -0.218. The monoisotopic (exact) mass is 237 g/mol. The van der Waals surface area contributed by atoms with Crippen molar-refractivity contribution >= 4 is 11.7 Å². The number of esters is 1. The molecule has 94 valence electrons. The number of methoxy groups -OCH3 is 1. The van der Waals surface area contributed by atoms with Crippen LogP contribution >= 0.6 is 0 Å². The van der Waals surface area contributed by atoms with Gasteiger partial charge in [-0.25, -0.2) is 0 Å². The Labute approximate surface area is 102 Å². The highest BCUT2D eigenvalue weighted by atomic mass is 16.5. The topological polar surface area (TPSA) is 47.6 Å². The molecule has 0 amide bonds. The van der Waals surface area contributed by atoms with Gasteiger partial charge in [-0.05, 0) is 18.6 Å². The van der Waals surface area contributed by atoms with Gasteiger partial charge in [-0.3, -0.25) is 4.79 Å². The van der Waals surface area contributed by atoms with Crippen LogP contribution in [0.1, 0.15) is 19.8 Å². The van der Waals surface area contributed by atoms with Crippen molar-refractivity contribution in [3.63, 3.8) is 0 Å². The van der Waals surface area contributed by atoms with Gasteiger partial charge in [0.2, 0.25) is 0 Å². The second kappa shape index (κ2) is 7.54. The third-order valence-corrected chi connectivity index (χ3v) is 2.22. The number of hydrogen-bond acceptors (Lipinski definition) is 4. The smallest absolute Gasteiger partial charge is 0.307 e. The predicted octanol–water partition coefficient (Wildman–Crippen LogP) is 2.45. The summed E-state index contributed by atoms with van der Waals surface area (Å²) in [6.45, 7) is 3.29. The molecule has 0 aliphatic heterocycles. The normalized spacial score (nSPS) is 9.76. The lowest BCUT2D eigenvalue weighted by Gasteiger charge is -2.12. The summed E-state index contributed by atoms with van der Waals surface area (Å²) >= 11 is 0. The van der Waals surface area contributed by atoms with Crippen molar-refractivity contribution in [1.82, 2.24) is 0 Å². The number of carbonyl (C=O) groups excluding carboxylic acids is 1. The van der Waals surface area contributed by atoms with Crippen molar-refractivity contribution in [3.05, 3.63) is 24.3 Å². The molecular formula is C13H19NO3. The van der Waals surface area contributed by atoms with Gasteiger partial charge in [-0.15, -0.1) is 0 Å². The average molecular weight is 237 g/mol. The van der Waals surface area contributed by atoms with Gasteiger partial charge in [0.25, 0.3) is 0 Å². The van der Waals surface area contributed by atoms with E-state index in [1.54, 1.807) is 0 Å². The predicted molar refractivity (Wildman–Crippen MR) is 67.4 cm³/mol. The fourth-order valence-electron chi connectivity index (χ4n) is 1.35. The van der Waals surface area contributed by atoms with Crippen LogP contribution in [0, 0.1) is 0 Å². The van der Waals surface area contributed by atoms with E-state index in [0.29, 0.717) is 19.6 Å². The lowest BCUT2D eigenvalue weighted by Crippen LogP contribution is -2.10. The van der Waals surface area contributed by atoms with Crippen molar-refractivity contribution in [1.29, 1.82) is 0 Å². The summed E-state index contributed by atoms with van der Waals surface area (Å²) in [5.74, 6) is 0.601. The molecule has 0 aliphatic rings. The summed E-state index contributed by atoms with van der Waals surface area (Å²) in [4.78, 5) is 11.0. The zero-order chi connectivity index (χ0) is 12.5. The van der Waals surface area contributed by atoms with Crippen molar-refractivity contribution in [2.45, 2.75) is 19.8 Å². The number of benzene rings is 1. The van der Waals surface area contributed by atoms with E-state index >= 15 is 0 Å². The van der Waals surface area contributed by atoms with Gasteiger partial charge in [-0.1, -0.05) is 19.1 Å². The standard InChI is InChI=1S/C13H19NO3/c1-3-10-17-12-7-5-4-6-11(12)14-9-8-13(15)16-2/h4-7,14H,3,8-10H2,1-2H3. The van der Waals surface area contributed by atoms with Crippen molar-refractivity contribution < 1.29 is 14.3 Å². The highest BCUT2D eigenvalue weighted by molar-refractivity contribution is 5.70. The van der Waals surface area contributed by atoms with Crippen LogP contribution in [0.15, 0.2) is 24.3 Å².